The van der Waals surface area contributed by atoms with Gasteiger partial charge in [-0.3, -0.25) is 0 Å². The first-order valence-electron chi connectivity index (χ1n) is 5.59. The molecule has 4 heteroatoms. The van der Waals surface area contributed by atoms with Crippen molar-refractivity contribution in [3.8, 4) is 0 Å². The summed E-state index contributed by atoms with van der Waals surface area (Å²) in [5.41, 5.74) is 3.66. The highest BCUT2D eigenvalue weighted by Crippen LogP contribution is 2.25. The molecule has 16 heavy (non-hydrogen) atoms. The van der Waals surface area contributed by atoms with Crippen LogP contribution in [0.5, 0.6) is 0 Å². The molecule has 1 saturated heterocycles. The van der Waals surface area contributed by atoms with E-state index in [9.17, 15) is 4.79 Å². The summed E-state index contributed by atoms with van der Waals surface area (Å²) < 4.78 is 4.94. The summed E-state index contributed by atoms with van der Waals surface area (Å²) in [5.74, 6) is -0.136. The Morgan fingerprint density at radius 1 is 1.38 bits per heavy atom. The maximum absolute atomic E-state index is 11.4. The van der Waals surface area contributed by atoms with Gasteiger partial charge in [0.1, 0.15) is 6.04 Å². The van der Waals surface area contributed by atoms with Crippen LogP contribution >= 0.6 is 0 Å². The third kappa shape index (κ3) is 1.55. The van der Waals surface area contributed by atoms with E-state index in [-0.39, 0.29) is 12.0 Å². The van der Waals surface area contributed by atoms with Gasteiger partial charge in [-0.25, -0.2) is 4.79 Å². The van der Waals surface area contributed by atoms with Gasteiger partial charge in [-0.1, -0.05) is 12.1 Å². The maximum Gasteiger partial charge on any atom is 0.328 e. The van der Waals surface area contributed by atoms with Crippen LogP contribution in [0.1, 0.15) is 17.5 Å². The number of ether oxygens (including phenoxy) is 1. The molecule has 0 saturated carbocycles. The second kappa shape index (κ2) is 3.79. The van der Waals surface area contributed by atoms with E-state index in [0.717, 1.165) is 25.2 Å². The van der Waals surface area contributed by atoms with E-state index in [1.165, 1.54) is 11.1 Å². The minimum absolute atomic E-state index is 0.136. The van der Waals surface area contributed by atoms with Crippen LogP contribution in [0.25, 0.3) is 0 Å². The Kier molecular flexibility index (Phi) is 2.29. The maximum atomic E-state index is 11.4. The molecule has 1 unspecified atom stereocenters. The number of carbonyl (C=O) groups excluding carboxylic acids is 1. The standard InChI is InChI=1S/C12H14N2O2/c15-12-11(4-5-16-12)14-10-3-1-2-8-6-13-7-9(8)10/h1-3,11,13-14H,4-7H2. The summed E-state index contributed by atoms with van der Waals surface area (Å²) in [5, 5.41) is 6.58. The summed E-state index contributed by atoms with van der Waals surface area (Å²) in [6.45, 7) is 2.32. The molecule has 84 valence electrons. The largest absolute Gasteiger partial charge is 0.464 e. The van der Waals surface area contributed by atoms with Crippen molar-refractivity contribution in [1.82, 2.24) is 5.32 Å². The number of benzene rings is 1. The van der Waals surface area contributed by atoms with E-state index in [4.69, 9.17) is 4.74 Å². The average molecular weight is 218 g/mol. The molecule has 1 aromatic rings. The molecule has 0 bridgehead atoms. The van der Waals surface area contributed by atoms with Crippen molar-refractivity contribution < 1.29 is 9.53 Å². The lowest BCUT2D eigenvalue weighted by Gasteiger charge is -2.13. The van der Waals surface area contributed by atoms with Crippen LogP contribution in [0.2, 0.25) is 0 Å². The Labute approximate surface area is 94.0 Å². The van der Waals surface area contributed by atoms with Crippen molar-refractivity contribution >= 4 is 11.7 Å². The SMILES string of the molecule is O=C1OCCC1Nc1cccc2c1CNC2. The highest BCUT2D eigenvalue weighted by molar-refractivity contribution is 5.81. The van der Waals surface area contributed by atoms with Gasteiger partial charge in [-0.05, 0) is 17.2 Å². The molecule has 1 atom stereocenters. The zero-order valence-electron chi connectivity index (χ0n) is 8.95. The fraction of sp³-hybridized carbons (Fsp3) is 0.417. The van der Waals surface area contributed by atoms with Crippen LogP contribution in [-0.4, -0.2) is 18.6 Å². The number of rotatable bonds is 2. The van der Waals surface area contributed by atoms with E-state index in [2.05, 4.69) is 16.7 Å². The fourth-order valence-corrected chi connectivity index (χ4v) is 2.28. The van der Waals surface area contributed by atoms with E-state index >= 15 is 0 Å². The van der Waals surface area contributed by atoms with Gasteiger partial charge in [0, 0.05) is 25.2 Å². The summed E-state index contributed by atoms with van der Waals surface area (Å²) in [6, 6.07) is 5.99. The zero-order valence-corrected chi connectivity index (χ0v) is 8.95. The number of fused-ring (bicyclic) bond motifs is 1. The van der Waals surface area contributed by atoms with Crippen molar-refractivity contribution in [2.24, 2.45) is 0 Å². The monoisotopic (exact) mass is 218 g/mol. The number of cyclic esters (lactones) is 1. The lowest BCUT2D eigenvalue weighted by atomic mass is 10.1. The van der Waals surface area contributed by atoms with Crippen molar-refractivity contribution in [3.63, 3.8) is 0 Å². The molecular formula is C12H14N2O2. The fourth-order valence-electron chi connectivity index (χ4n) is 2.28. The van der Waals surface area contributed by atoms with Crippen LogP contribution in [0.3, 0.4) is 0 Å². The molecule has 2 aliphatic heterocycles. The molecule has 0 spiro atoms. The summed E-state index contributed by atoms with van der Waals surface area (Å²) in [7, 11) is 0. The Hall–Kier alpha value is -1.55. The Bertz CT molecular complexity index is 431. The lowest BCUT2D eigenvalue weighted by Crippen LogP contribution is -2.25. The molecule has 0 radical (unpaired) electrons. The number of nitrogens with one attached hydrogen (secondary N) is 2. The van der Waals surface area contributed by atoms with Crippen molar-refractivity contribution in [1.29, 1.82) is 0 Å². The Balaban J connectivity index is 1.84. The van der Waals surface area contributed by atoms with Gasteiger partial charge in [0.25, 0.3) is 0 Å². The van der Waals surface area contributed by atoms with Crippen molar-refractivity contribution in [3.05, 3.63) is 29.3 Å². The smallest absolute Gasteiger partial charge is 0.328 e. The molecule has 0 aromatic heterocycles. The van der Waals surface area contributed by atoms with Crippen LogP contribution in [0.4, 0.5) is 5.69 Å². The van der Waals surface area contributed by atoms with Crippen molar-refractivity contribution in [2.45, 2.75) is 25.6 Å². The van der Waals surface area contributed by atoms with E-state index < -0.39 is 0 Å². The first kappa shape index (κ1) is 9.66. The van der Waals surface area contributed by atoms with E-state index in [1.807, 2.05) is 12.1 Å². The van der Waals surface area contributed by atoms with E-state index in [1.54, 1.807) is 0 Å². The molecule has 2 heterocycles. The molecule has 2 N–H and O–H groups in total. The van der Waals surface area contributed by atoms with Crippen LogP contribution < -0.4 is 10.6 Å². The number of anilines is 1. The molecule has 3 rings (SSSR count). The number of esters is 1. The summed E-state index contributed by atoms with van der Waals surface area (Å²) in [4.78, 5) is 11.4. The number of carbonyl (C=O) groups is 1. The first-order chi connectivity index (χ1) is 7.84. The second-order valence-electron chi connectivity index (χ2n) is 4.20. The predicted molar refractivity (Wildman–Crippen MR) is 60.0 cm³/mol. The quantitative estimate of drug-likeness (QED) is 0.728. The third-order valence-electron chi connectivity index (χ3n) is 3.16. The number of hydrogen-bond acceptors (Lipinski definition) is 4. The topological polar surface area (TPSA) is 50.4 Å². The Morgan fingerprint density at radius 2 is 2.31 bits per heavy atom. The highest BCUT2D eigenvalue weighted by atomic mass is 16.5. The highest BCUT2D eigenvalue weighted by Gasteiger charge is 2.27. The molecular weight excluding hydrogens is 204 g/mol. The molecule has 1 aromatic carbocycles. The lowest BCUT2D eigenvalue weighted by molar-refractivity contribution is -0.138. The molecule has 1 fully saturated rings. The van der Waals surface area contributed by atoms with Crippen LogP contribution in [0, 0.1) is 0 Å². The Morgan fingerprint density at radius 3 is 3.12 bits per heavy atom. The first-order valence-corrected chi connectivity index (χ1v) is 5.59. The second-order valence-corrected chi connectivity index (χ2v) is 4.20. The number of hydrogen-bond donors (Lipinski definition) is 2. The summed E-state index contributed by atoms with van der Waals surface area (Å²) in [6.07, 6.45) is 0.760. The third-order valence-corrected chi connectivity index (χ3v) is 3.16. The minimum atomic E-state index is -0.174. The van der Waals surface area contributed by atoms with Crippen LogP contribution in [0.15, 0.2) is 18.2 Å². The normalized spacial score (nSPS) is 23.0. The average Bonchev–Trinajstić information content (AvgIpc) is 2.89. The van der Waals surface area contributed by atoms with Crippen molar-refractivity contribution in [2.75, 3.05) is 11.9 Å². The van der Waals surface area contributed by atoms with Gasteiger partial charge in [-0.15, -0.1) is 0 Å². The van der Waals surface area contributed by atoms with Gasteiger partial charge in [-0.2, -0.15) is 0 Å². The molecule has 2 aliphatic rings. The molecule has 4 nitrogen and oxygen atoms in total. The van der Waals surface area contributed by atoms with Gasteiger partial charge in [0.2, 0.25) is 0 Å². The van der Waals surface area contributed by atoms with Gasteiger partial charge in [0.15, 0.2) is 0 Å². The molecule has 0 amide bonds. The van der Waals surface area contributed by atoms with Gasteiger partial charge < -0.3 is 15.4 Å². The zero-order chi connectivity index (χ0) is 11.0. The minimum Gasteiger partial charge on any atom is -0.464 e. The van der Waals surface area contributed by atoms with E-state index in [0.29, 0.717) is 6.61 Å². The predicted octanol–water partition coefficient (Wildman–Crippen LogP) is 1.02. The molecule has 0 aliphatic carbocycles. The van der Waals surface area contributed by atoms with Crippen LogP contribution in [-0.2, 0) is 22.6 Å². The van der Waals surface area contributed by atoms with Gasteiger partial charge >= 0.3 is 5.97 Å². The van der Waals surface area contributed by atoms with Gasteiger partial charge in [0.05, 0.1) is 6.61 Å². The summed E-state index contributed by atoms with van der Waals surface area (Å²) >= 11 is 0.